The van der Waals surface area contributed by atoms with E-state index in [1.54, 1.807) is 23.0 Å². The fourth-order valence-electron chi connectivity index (χ4n) is 0.680. The van der Waals surface area contributed by atoms with Gasteiger partial charge < -0.3 is 0 Å². The van der Waals surface area contributed by atoms with Gasteiger partial charge in [0.05, 0.1) is 41.2 Å². The number of rotatable bonds is 2. The summed E-state index contributed by atoms with van der Waals surface area (Å²) in [5.74, 6) is 0. The van der Waals surface area contributed by atoms with Gasteiger partial charge in [-0.1, -0.05) is 0 Å². The summed E-state index contributed by atoms with van der Waals surface area (Å²) in [6, 6.07) is 0. The van der Waals surface area contributed by atoms with Gasteiger partial charge in [-0.3, -0.25) is 0 Å². The van der Waals surface area contributed by atoms with Crippen molar-refractivity contribution in [3.05, 3.63) is 34.9 Å². The summed E-state index contributed by atoms with van der Waals surface area (Å²) in [6.45, 7) is 0. The van der Waals surface area contributed by atoms with Crippen molar-refractivity contribution in [3.8, 4) is 0 Å². The Labute approximate surface area is 72.1 Å². The van der Waals surface area contributed by atoms with Gasteiger partial charge in [-0.05, 0) is 0 Å². The minimum atomic E-state index is 0.876. The molecule has 0 amide bonds. The summed E-state index contributed by atoms with van der Waals surface area (Å²) in [5.41, 5.74) is 3.62. The molecule has 11 heavy (non-hydrogen) atoms. The van der Waals surface area contributed by atoms with Gasteiger partial charge in [0.1, 0.15) is 0 Å². The summed E-state index contributed by atoms with van der Waals surface area (Å²) in [6.07, 6.45) is 3.63. The quantitative estimate of drug-likeness (QED) is 0.708. The molecule has 2 heterocycles. The third-order valence-electron chi connectivity index (χ3n) is 1.13. The first-order valence-electron chi connectivity index (χ1n) is 2.95. The van der Waals surface area contributed by atoms with Crippen molar-refractivity contribution in [3.63, 3.8) is 0 Å². The van der Waals surface area contributed by atoms with Gasteiger partial charge in [-0.2, -0.15) is 8.75 Å². The van der Waals surface area contributed by atoms with Crippen LogP contribution in [-0.2, 0) is 0 Å². The zero-order valence-corrected chi connectivity index (χ0v) is 7.10. The van der Waals surface area contributed by atoms with Crippen LogP contribution in [-0.4, -0.2) is 13.7 Å². The van der Waals surface area contributed by atoms with Crippen molar-refractivity contribution in [2.24, 2.45) is 0 Å². The normalized spacial score (nSPS) is 10.2. The largest absolute Gasteiger partial charge is 0.249 e. The van der Waals surface area contributed by atoms with Gasteiger partial charge in [-0.15, -0.1) is 11.3 Å². The average Bonchev–Trinajstić information content (AvgIpc) is 2.60. The van der Waals surface area contributed by atoms with Crippen molar-refractivity contribution in [1.82, 2.24) is 13.7 Å². The molecule has 0 N–H and O–H groups in total. The molecule has 2 aromatic rings. The van der Waals surface area contributed by atoms with Gasteiger partial charge >= 0.3 is 0 Å². The Morgan fingerprint density at radius 1 is 1.36 bits per heavy atom. The SMILES string of the molecule is [CH](c1cscn1)c1cnsn1. The van der Waals surface area contributed by atoms with E-state index in [0.717, 1.165) is 11.4 Å². The lowest BCUT2D eigenvalue weighted by molar-refractivity contribution is 1.24. The van der Waals surface area contributed by atoms with Gasteiger partial charge in [0.25, 0.3) is 0 Å². The maximum atomic E-state index is 4.09. The van der Waals surface area contributed by atoms with Crippen molar-refractivity contribution >= 4 is 23.1 Å². The molecule has 0 saturated carbocycles. The lowest BCUT2D eigenvalue weighted by Crippen LogP contribution is -1.82. The second-order valence-corrected chi connectivity index (χ2v) is 3.17. The monoisotopic (exact) mass is 182 g/mol. The molecular weight excluding hydrogens is 178 g/mol. The van der Waals surface area contributed by atoms with Crippen LogP contribution >= 0.6 is 23.1 Å². The molecule has 0 bridgehead atoms. The van der Waals surface area contributed by atoms with Crippen LogP contribution in [0, 0.1) is 6.42 Å². The van der Waals surface area contributed by atoms with Crippen LogP contribution in [0.15, 0.2) is 17.1 Å². The molecule has 2 aromatic heterocycles. The highest BCUT2D eigenvalue weighted by Gasteiger charge is 2.00. The molecule has 0 aliphatic heterocycles. The van der Waals surface area contributed by atoms with E-state index < -0.39 is 0 Å². The van der Waals surface area contributed by atoms with Crippen LogP contribution in [0.2, 0.25) is 0 Å². The molecule has 0 aliphatic rings. The molecule has 55 valence electrons. The summed E-state index contributed by atoms with van der Waals surface area (Å²) in [4.78, 5) is 4.09. The average molecular weight is 182 g/mol. The van der Waals surface area contributed by atoms with E-state index in [0.29, 0.717) is 0 Å². The smallest absolute Gasteiger partial charge is 0.0844 e. The van der Waals surface area contributed by atoms with Gasteiger partial charge in [0, 0.05) is 5.38 Å². The van der Waals surface area contributed by atoms with Crippen LogP contribution in [0.5, 0.6) is 0 Å². The fraction of sp³-hybridized carbons (Fsp3) is 0. The molecule has 0 saturated heterocycles. The Kier molecular flexibility index (Phi) is 1.91. The van der Waals surface area contributed by atoms with Crippen molar-refractivity contribution < 1.29 is 0 Å². The van der Waals surface area contributed by atoms with E-state index in [4.69, 9.17) is 0 Å². The minimum Gasteiger partial charge on any atom is -0.249 e. The van der Waals surface area contributed by atoms with E-state index >= 15 is 0 Å². The lowest BCUT2D eigenvalue weighted by atomic mass is 10.3. The van der Waals surface area contributed by atoms with E-state index in [9.17, 15) is 0 Å². The third-order valence-corrected chi connectivity index (χ3v) is 2.22. The van der Waals surface area contributed by atoms with E-state index in [1.165, 1.54) is 11.7 Å². The molecule has 3 nitrogen and oxygen atoms in total. The summed E-state index contributed by atoms with van der Waals surface area (Å²) < 4.78 is 7.91. The molecule has 0 spiro atoms. The Bertz CT molecular complexity index is 268. The van der Waals surface area contributed by atoms with E-state index in [-0.39, 0.29) is 0 Å². The van der Waals surface area contributed by atoms with Gasteiger partial charge in [-0.25, -0.2) is 4.98 Å². The Hall–Kier alpha value is -0.810. The fourth-order valence-corrected chi connectivity index (χ4v) is 1.59. The lowest BCUT2D eigenvalue weighted by Gasteiger charge is -1.86. The number of hydrogen-bond acceptors (Lipinski definition) is 5. The van der Waals surface area contributed by atoms with Crippen molar-refractivity contribution in [1.29, 1.82) is 0 Å². The van der Waals surface area contributed by atoms with Crippen LogP contribution in [0.25, 0.3) is 0 Å². The maximum Gasteiger partial charge on any atom is 0.0844 e. The number of nitrogens with zero attached hydrogens (tertiary/aromatic N) is 3. The first-order valence-corrected chi connectivity index (χ1v) is 4.63. The molecular formula is C6H4N3S2. The van der Waals surface area contributed by atoms with Crippen LogP contribution in [0.3, 0.4) is 0 Å². The maximum absolute atomic E-state index is 4.09. The molecule has 2 rings (SSSR count). The minimum absolute atomic E-state index is 0.876. The number of hydrogen-bond donors (Lipinski definition) is 0. The summed E-state index contributed by atoms with van der Waals surface area (Å²) in [5, 5.41) is 1.97. The summed E-state index contributed by atoms with van der Waals surface area (Å²) in [7, 11) is 0. The predicted octanol–water partition coefficient (Wildman–Crippen LogP) is 1.60. The topological polar surface area (TPSA) is 38.7 Å². The van der Waals surface area contributed by atoms with Crippen LogP contribution < -0.4 is 0 Å². The molecule has 0 unspecified atom stereocenters. The molecule has 1 radical (unpaired) electrons. The second-order valence-electron chi connectivity index (χ2n) is 1.89. The van der Waals surface area contributed by atoms with E-state index in [1.807, 2.05) is 11.8 Å². The zero-order valence-electron chi connectivity index (χ0n) is 5.47. The van der Waals surface area contributed by atoms with E-state index in [2.05, 4.69) is 13.7 Å². The Morgan fingerprint density at radius 2 is 2.36 bits per heavy atom. The number of aromatic nitrogens is 3. The summed E-state index contributed by atoms with van der Waals surface area (Å²) >= 11 is 2.78. The van der Waals surface area contributed by atoms with Gasteiger partial charge in [0.2, 0.25) is 0 Å². The molecule has 0 fully saturated rings. The molecule has 0 aromatic carbocycles. The number of thiazole rings is 1. The Morgan fingerprint density at radius 3 is 3.00 bits per heavy atom. The zero-order chi connectivity index (χ0) is 7.52. The second kappa shape index (κ2) is 3.06. The standard InChI is InChI=1S/C6H4N3S2/c1(5-2-8-11-9-5)6-3-10-4-7-6/h1-4H. The first kappa shape index (κ1) is 6.87. The third kappa shape index (κ3) is 1.61. The van der Waals surface area contributed by atoms with Crippen molar-refractivity contribution in [2.45, 2.75) is 0 Å². The highest BCUT2D eigenvalue weighted by atomic mass is 32.1. The van der Waals surface area contributed by atoms with Crippen molar-refractivity contribution in [2.75, 3.05) is 0 Å². The Balaban J connectivity index is 2.14. The molecule has 5 heteroatoms. The van der Waals surface area contributed by atoms with Crippen LogP contribution in [0.1, 0.15) is 11.4 Å². The van der Waals surface area contributed by atoms with Crippen LogP contribution in [0.4, 0.5) is 0 Å². The highest BCUT2D eigenvalue weighted by Crippen LogP contribution is 2.09. The van der Waals surface area contributed by atoms with Gasteiger partial charge in [0.15, 0.2) is 0 Å². The highest BCUT2D eigenvalue weighted by molar-refractivity contribution is 7.07. The first-order chi connectivity index (χ1) is 5.45. The molecule has 0 atom stereocenters. The predicted molar refractivity (Wildman–Crippen MR) is 44.5 cm³/mol. The molecule has 0 aliphatic carbocycles.